The van der Waals surface area contributed by atoms with Gasteiger partial charge in [0.25, 0.3) is 5.69 Å². The van der Waals surface area contributed by atoms with Crippen molar-refractivity contribution < 1.29 is 10.0 Å². The zero-order valence-corrected chi connectivity index (χ0v) is 9.06. The third kappa shape index (κ3) is 4.37. The number of hydrogen-bond donors (Lipinski definition) is 2. The van der Waals surface area contributed by atoms with E-state index in [-0.39, 0.29) is 12.3 Å². The third-order valence-corrected chi connectivity index (χ3v) is 2.29. The summed E-state index contributed by atoms with van der Waals surface area (Å²) in [6, 6.07) is 5.79. The fraction of sp³-hybridized carbons (Fsp3) is 0.455. The predicted molar refractivity (Wildman–Crippen MR) is 61.1 cm³/mol. The molecule has 0 aliphatic carbocycles. The van der Waals surface area contributed by atoms with Gasteiger partial charge >= 0.3 is 0 Å². The number of nitrogens with one attached hydrogen (secondary N) is 1. The first-order valence-corrected chi connectivity index (χ1v) is 5.29. The fourth-order valence-corrected chi connectivity index (χ4v) is 1.35. The monoisotopic (exact) mass is 224 g/mol. The summed E-state index contributed by atoms with van der Waals surface area (Å²) in [6.45, 7) is 2.41. The Morgan fingerprint density at radius 2 is 1.81 bits per heavy atom. The van der Waals surface area contributed by atoms with Crippen LogP contribution in [0.4, 0.5) is 5.69 Å². The second kappa shape index (κ2) is 6.92. The molecule has 0 amide bonds. The van der Waals surface area contributed by atoms with Crippen molar-refractivity contribution in [3.63, 3.8) is 0 Å². The average molecular weight is 224 g/mol. The zero-order chi connectivity index (χ0) is 11.8. The highest BCUT2D eigenvalue weighted by molar-refractivity contribution is 5.32. The second-order valence-corrected chi connectivity index (χ2v) is 3.54. The molecule has 1 aliphatic heterocycles. The van der Waals surface area contributed by atoms with Crippen LogP contribution in [0.25, 0.3) is 0 Å². The van der Waals surface area contributed by atoms with Crippen molar-refractivity contribution in [3.8, 4) is 0 Å². The highest BCUT2D eigenvalue weighted by Crippen LogP contribution is 2.11. The van der Waals surface area contributed by atoms with Gasteiger partial charge in [0.1, 0.15) is 0 Å². The van der Waals surface area contributed by atoms with Crippen molar-refractivity contribution in [2.24, 2.45) is 0 Å². The number of hydrogen-bond acceptors (Lipinski definition) is 4. The maximum absolute atomic E-state index is 10.1. The molecule has 0 saturated carbocycles. The molecule has 0 radical (unpaired) electrons. The molecular formula is C11H16N2O3. The molecule has 0 spiro atoms. The largest absolute Gasteiger partial charge is 0.392 e. The lowest BCUT2D eigenvalue weighted by Gasteiger charge is -1.93. The lowest BCUT2D eigenvalue weighted by atomic mass is 10.2. The van der Waals surface area contributed by atoms with Gasteiger partial charge in [0.2, 0.25) is 0 Å². The van der Waals surface area contributed by atoms with Crippen molar-refractivity contribution in [2.45, 2.75) is 19.4 Å². The molecule has 1 heterocycles. The molecule has 0 aromatic heterocycles. The zero-order valence-electron chi connectivity index (χ0n) is 9.06. The average Bonchev–Trinajstić information content (AvgIpc) is 2.88. The van der Waals surface area contributed by atoms with Gasteiger partial charge in [-0.15, -0.1) is 0 Å². The number of rotatable bonds is 2. The van der Waals surface area contributed by atoms with Crippen LogP contribution in [0.3, 0.4) is 0 Å². The maximum Gasteiger partial charge on any atom is 0.269 e. The molecule has 88 valence electrons. The van der Waals surface area contributed by atoms with Gasteiger partial charge in [0.15, 0.2) is 0 Å². The van der Waals surface area contributed by atoms with Crippen LogP contribution in [0.2, 0.25) is 0 Å². The van der Waals surface area contributed by atoms with E-state index in [0.29, 0.717) is 5.56 Å². The van der Waals surface area contributed by atoms with Crippen molar-refractivity contribution in [3.05, 3.63) is 39.9 Å². The van der Waals surface area contributed by atoms with Crippen molar-refractivity contribution in [2.75, 3.05) is 13.1 Å². The first kappa shape index (κ1) is 12.6. The number of nitrogens with zero attached hydrogens (tertiary/aromatic N) is 1. The van der Waals surface area contributed by atoms with E-state index in [0.717, 1.165) is 0 Å². The van der Waals surface area contributed by atoms with Gasteiger partial charge in [-0.25, -0.2) is 0 Å². The van der Waals surface area contributed by atoms with Crippen LogP contribution < -0.4 is 5.32 Å². The molecule has 5 heteroatoms. The van der Waals surface area contributed by atoms with Crippen LogP contribution in [0, 0.1) is 10.1 Å². The molecule has 0 atom stereocenters. The van der Waals surface area contributed by atoms with Crippen LogP contribution in [-0.4, -0.2) is 23.1 Å². The van der Waals surface area contributed by atoms with Crippen molar-refractivity contribution in [1.82, 2.24) is 5.32 Å². The van der Waals surface area contributed by atoms with E-state index in [1.807, 2.05) is 0 Å². The van der Waals surface area contributed by atoms with E-state index < -0.39 is 4.92 Å². The third-order valence-electron chi connectivity index (χ3n) is 2.29. The maximum atomic E-state index is 10.1. The first-order chi connectivity index (χ1) is 7.74. The second-order valence-electron chi connectivity index (χ2n) is 3.54. The minimum atomic E-state index is -0.471. The van der Waals surface area contributed by atoms with Gasteiger partial charge < -0.3 is 10.4 Å². The summed E-state index contributed by atoms with van der Waals surface area (Å²) in [5.74, 6) is 0. The predicted octanol–water partition coefficient (Wildman–Crippen LogP) is 1.46. The Labute approximate surface area is 94.3 Å². The van der Waals surface area contributed by atoms with Gasteiger partial charge in [0.05, 0.1) is 11.5 Å². The summed E-state index contributed by atoms with van der Waals surface area (Å²) in [4.78, 5) is 9.67. The van der Waals surface area contributed by atoms with E-state index in [2.05, 4.69) is 5.32 Å². The molecular weight excluding hydrogens is 208 g/mol. The molecule has 2 N–H and O–H groups in total. The number of nitro benzene ring substituents is 1. The number of benzene rings is 1. The summed E-state index contributed by atoms with van der Waals surface area (Å²) in [5, 5.41) is 22.0. The number of aliphatic hydroxyl groups excluding tert-OH is 1. The van der Waals surface area contributed by atoms with Crippen molar-refractivity contribution >= 4 is 5.69 Å². The van der Waals surface area contributed by atoms with Crippen LogP contribution in [-0.2, 0) is 6.61 Å². The molecule has 0 bridgehead atoms. The molecule has 1 aromatic carbocycles. The van der Waals surface area contributed by atoms with Crippen LogP contribution >= 0.6 is 0 Å². The fourth-order valence-electron chi connectivity index (χ4n) is 1.35. The van der Waals surface area contributed by atoms with Gasteiger partial charge in [-0.2, -0.15) is 0 Å². The van der Waals surface area contributed by atoms with Gasteiger partial charge in [-0.1, -0.05) is 0 Å². The quantitative estimate of drug-likeness (QED) is 0.589. The van der Waals surface area contributed by atoms with E-state index in [1.165, 1.54) is 50.2 Å². The number of non-ortho nitro benzene ring substituents is 1. The Bertz CT molecular complexity index is 313. The van der Waals surface area contributed by atoms with Gasteiger partial charge in [-0.05, 0) is 43.6 Å². The molecule has 2 rings (SSSR count). The van der Waals surface area contributed by atoms with E-state index in [4.69, 9.17) is 5.11 Å². The SMILES string of the molecule is C1CCNC1.O=[N+]([O-])c1ccc(CO)cc1. The first-order valence-electron chi connectivity index (χ1n) is 5.29. The Balaban J connectivity index is 0.000000212. The molecule has 5 nitrogen and oxygen atoms in total. The minimum Gasteiger partial charge on any atom is -0.392 e. The topological polar surface area (TPSA) is 75.4 Å². The Kier molecular flexibility index (Phi) is 5.45. The molecule has 1 saturated heterocycles. The van der Waals surface area contributed by atoms with Crippen molar-refractivity contribution in [1.29, 1.82) is 0 Å². The molecule has 16 heavy (non-hydrogen) atoms. The Hall–Kier alpha value is -1.46. The molecule has 1 aliphatic rings. The lowest BCUT2D eigenvalue weighted by molar-refractivity contribution is -0.384. The van der Waals surface area contributed by atoms with Crippen LogP contribution in [0.15, 0.2) is 24.3 Å². The molecule has 1 fully saturated rings. The highest BCUT2D eigenvalue weighted by atomic mass is 16.6. The van der Waals surface area contributed by atoms with Gasteiger partial charge in [-0.3, -0.25) is 10.1 Å². The smallest absolute Gasteiger partial charge is 0.269 e. The van der Waals surface area contributed by atoms with E-state index >= 15 is 0 Å². The van der Waals surface area contributed by atoms with E-state index in [9.17, 15) is 10.1 Å². The minimum absolute atomic E-state index is 0.0437. The standard InChI is InChI=1S/C7H7NO3.C4H9N/c9-5-6-1-3-7(4-2-6)8(10)11;1-2-4-5-3-1/h1-4,9H,5H2;5H,1-4H2. The van der Waals surface area contributed by atoms with Crippen LogP contribution in [0.5, 0.6) is 0 Å². The summed E-state index contributed by atoms with van der Waals surface area (Å²) >= 11 is 0. The highest BCUT2D eigenvalue weighted by Gasteiger charge is 2.02. The van der Waals surface area contributed by atoms with Gasteiger partial charge in [0, 0.05) is 12.1 Å². The summed E-state index contributed by atoms with van der Waals surface area (Å²) in [5.41, 5.74) is 0.720. The number of aliphatic hydroxyl groups is 1. The normalized spacial score (nSPS) is 14.1. The van der Waals surface area contributed by atoms with E-state index in [1.54, 1.807) is 0 Å². The summed E-state index contributed by atoms with van der Waals surface area (Å²) in [7, 11) is 0. The summed E-state index contributed by atoms with van der Waals surface area (Å²) < 4.78 is 0. The Morgan fingerprint density at radius 3 is 2.12 bits per heavy atom. The lowest BCUT2D eigenvalue weighted by Crippen LogP contribution is -2.03. The number of nitro groups is 1. The van der Waals surface area contributed by atoms with Crippen LogP contribution in [0.1, 0.15) is 18.4 Å². The Morgan fingerprint density at radius 1 is 1.25 bits per heavy atom. The summed E-state index contributed by atoms with van der Waals surface area (Å²) in [6.07, 6.45) is 2.78. The molecule has 1 aromatic rings. The molecule has 0 unspecified atom stereocenters.